The summed E-state index contributed by atoms with van der Waals surface area (Å²) in [4.78, 5) is 24.1. The van der Waals surface area contributed by atoms with Crippen molar-refractivity contribution < 1.29 is 24.2 Å². The van der Waals surface area contributed by atoms with Gasteiger partial charge in [0.1, 0.15) is 12.3 Å². The number of rotatable bonds is 9. The van der Waals surface area contributed by atoms with Gasteiger partial charge >= 0.3 is 5.97 Å². The van der Waals surface area contributed by atoms with Gasteiger partial charge in [0.15, 0.2) is 11.5 Å². The van der Waals surface area contributed by atoms with Gasteiger partial charge < -0.3 is 19.9 Å². The van der Waals surface area contributed by atoms with E-state index in [1.165, 1.54) is 6.08 Å². The first-order chi connectivity index (χ1) is 15.5. The van der Waals surface area contributed by atoms with Gasteiger partial charge in [-0.2, -0.15) is 0 Å². The predicted octanol–water partition coefficient (Wildman–Crippen LogP) is 5.28. The second-order valence-electron chi connectivity index (χ2n) is 6.72. The number of carboxylic acids is 1. The maximum absolute atomic E-state index is 12.4. The lowest BCUT2D eigenvalue weighted by atomic mass is 10.1. The van der Waals surface area contributed by atoms with Crippen LogP contribution in [0, 0.1) is 0 Å². The molecular formula is C25H22BrNO5. The van der Waals surface area contributed by atoms with E-state index in [4.69, 9.17) is 9.47 Å². The summed E-state index contributed by atoms with van der Waals surface area (Å²) in [5.74, 6) is -0.792. The summed E-state index contributed by atoms with van der Waals surface area (Å²) >= 11 is 3.49. The van der Waals surface area contributed by atoms with Crippen LogP contribution in [0.2, 0.25) is 0 Å². The third-order valence-corrected chi connectivity index (χ3v) is 4.97. The maximum Gasteiger partial charge on any atom is 0.352 e. The Hall–Kier alpha value is -3.58. The molecule has 0 aromatic heterocycles. The van der Waals surface area contributed by atoms with Crippen LogP contribution in [0.3, 0.4) is 0 Å². The molecule has 6 nitrogen and oxygen atoms in total. The fraction of sp³-hybridized carbons (Fsp3) is 0.120. The van der Waals surface area contributed by atoms with Gasteiger partial charge in [-0.05, 0) is 64.3 Å². The molecule has 0 saturated carbocycles. The Balaban J connectivity index is 1.87. The van der Waals surface area contributed by atoms with Crippen molar-refractivity contribution in [3.63, 3.8) is 0 Å². The number of carboxylic acid groups (broad SMARTS) is 1. The molecule has 3 rings (SSSR count). The highest BCUT2D eigenvalue weighted by molar-refractivity contribution is 9.10. The number of nitrogens with one attached hydrogen (secondary N) is 1. The van der Waals surface area contributed by atoms with Gasteiger partial charge in [-0.25, -0.2) is 4.79 Å². The first-order valence-electron chi connectivity index (χ1n) is 9.92. The van der Waals surface area contributed by atoms with Gasteiger partial charge in [0, 0.05) is 5.56 Å². The van der Waals surface area contributed by atoms with Crippen molar-refractivity contribution in [2.24, 2.45) is 0 Å². The second kappa shape index (κ2) is 11.2. The van der Waals surface area contributed by atoms with E-state index in [1.807, 2.05) is 37.3 Å². The minimum absolute atomic E-state index is 0.258. The molecule has 0 saturated heterocycles. The Bertz CT molecular complexity index is 1110. The molecule has 0 heterocycles. The number of aliphatic carboxylic acids is 1. The summed E-state index contributed by atoms with van der Waals surface area (Å²) in [6.45, 7) is 2.60. The number of amides is 1. The zero-order valence-electron chi connectivity index (χ0n) is 17.4. The topological polar surface area (TPSA) is 84.9 Å². The normalized spacial score (nSPS) is 11.0. The van der Waals surface area contributed by atoms with Crippen molar-refractivity contribution in [1.82, 2.24) is 5.32 Å². The number of carbonyl (C=O) groups excluding carboxylic acids is 1. The van der Waals surface area contributed by atoms with Crippen LogP contribution in [0.4, 0.5) is 0 Å². The Labute approximate surface area is 194 Å². The molecule has 7 heteroatoms. The van der Waals surface area contributed by atoms with Crippen LogP contribution < -0.4 is 14.8 Å². The number of hydrogen-bond donors (Lipinski definition) is 2. The second-order valence-corrected chi connectivity index (χ2v) is 7.57. The van der Waals surface area contributed by atoms with Crippen LogP contribution in [0.1, 0.15) is 28.4 Å². The zero-order chi connectivity index (χ0) is 22.9. The Kier molecular flexibility index (Phi) is 8.05. The monoisotopic (exact) mass is 495 g/mol. The standard InChI is InChI=1S/C25H22BrNO5/c1-2-31-22-15-18(13-20(26)23(22)32-16-17-9-5-3-6-10-17)14-21(25(29)30)27-24(28)19-11-7-4-8-12-19/h3-15H,2,16H2,1H3,(H,27,28)(H,29,30)/b21-14+. The first kappa shape index (κ1) is 23.1. The molecule has 0 fully saturated rings. The largest absolute Gasteiger partial charge is 0.490 e. The molecule has 0 unspecified atom stereocenters. The van der Waals surface area contributed by atoms with Crippen molar-refractivity contribution in [2.45, 2.75) is 13.5 Å². The molecule has 2 N–H and O–H groups in total. The molecular weight excluding hydrogens is 474 g/mol. The van der Waals surface area contributed by atoms with E-state index in [-0.39, 0.29) is 5.70 Å². The van der Waals surface area contributed by atoms with Gasteiger partial charge in [0.05, 0.1) is 11.1 Å². The number of carbonyl (C=O) groups is 2. The number of benzene rings is 3. The van der Waals surface area contributed by atoms with Crippen molar-refractivity contribution in [3.8, 4) is 11.5 Å². The Morgan fingerprint density at radius 1 is 1.00 bits per heavy atom. The van der Waals surface area contributed by atoms with E-state index in [1.54, 1.807) is 42.5 Å². The lowest BCUT2D eigenvalue weighted by molar-refractivity contribution is -0.132. The van der Waals surface area contributed by atoms with Gasteiger partial charge in [0.25, 0.3) is 5.91 Å². The third-order valence-electron chi connectivity index (χ3n) is 4.38. The fourth-order valence-corrected chi connectivity index (χ4v) is 3.48. The van der Waals surface area contributed by atoms with Crippen molar-refractivity contribution in [1.29, 1.82) is 0 Å². The molecule has 0 atom stereocenters. The Morgan fingerprint density at radius 2 is 1.66 bits per heavy atom. The van der Waals surface area contributed by atoms with Crippen molar-refractivity contribution in [2.75, 3.05) is 6.61 Å². The lowest BCUT2D eigenvalue weighted by Gasteiger charge is -2.15. The van der Waals surface area contributed by atoms with Crippen molar-refractivity contribution in [3.05, 3.63) is 99.7 Å². The van der Waals surface area contributed by atoms with Gasteiger partial charge in [-0.3, -0.25) is 4.79 Å². The Morgan fingerprint density at radius 3 is 2.28 bits per heavy atom. The van der Waals surface area contributed by atoms with Crippen LogP contribution in [-0.2, 0) is 11.4 Å². The highest BCUT2D eigenvalue weighted by Crippen LogP contribution is 2.38. The highest BCUT2D eigenvalue weighted by atomic mass is 79.9. The van der Waals surface area contributed by atoms with E-state index in [0.29, 0.717) is 40.3 Å². The lowest BCUT2D eigenvalue weighted by Crippen LogP contribution is -2.27. The summed E-state index contributed by atoms with van der Waals surface area (Å²) in [6.07, 6.45) is 1.37. The van der Waals surface area contributed by atoms with E-state index in [9.17, 15) is 14.7 Å². The molecule has 0 aliphatic carbocycles. The quantitative estimate of drug-likeness (QED) is 0.394. The molecule has 0 spiro atoms. The molecule has 0 bridgehead atoms. The minimum Gasteiger partial charge on any atom is -0.490 e. The molecule has 164 valence electrons. The maximum atomic E-state index is 12.4. The summed E-state index contributed by atoms with van der Waals surface area (Å²) in [6, 6.07) is 21.5. The SMILES string of the molecule is CCOc1cc(/C=C(/NC(=O)c2ccccc2)C(=O)O)cc(Br)c1OCc1ccccc1. The first-order valence-corrected chi connectivity index (χ1v) is 10.7. The van der Waals surface area contributed by atoms with Crippen LogP contribution in [0.15, 0.2) is 83.0 Å². The molecule has 0 aliphatic heterocycles. The van der Waals surface area contributed by atoms with E-state index >= 15 is 0 Å². The van der Waals surface area contributed by atoms with Crippen LogP contribution in [0.5, 0.6) is 11.5 Å². The summed E-state index contributed by atoms with van der Waals surface area (Å²) < 4.78 is 12.3. The average molecular weight is 496 g/mol. The van der Waals surface area contributed by atoms with Crippen molar-refractivity contribution >= 4 is 33.9 Å². The third kappa shape index (κ3) is 6.21. The molecule has 0 aliphatic rings. The number of halogens is 1. The highest BCUT2D eigenvalue weighted by Gasteiger charge is 2.16. The van der Waals surface area contributed by atoms with E-state index in [0.717, 1.165) is 5.56 Å². The van der Waals surface area contributed by atoms with Gasteiger partial charge in [-0.15, -0.1) is 0 Å². The molecule has 32 heavy (non-hydrogen) atoms. The van der Waals surface area contributed by atoms with E-state index < -0.39 is 11.9 Å². The number of hydrogen-bond acceptors (Lipinski definition) is 4. The molecule has 3 aromatic rings. The van der Waals surface area contributed by atoms with Gasteiger partial charge in [-0.1, -0.05) is 48.5 Å². The minimum atomic E-state index is -1.26. The molecule has 1 amide bonds. The van der Waals surface area contributed by atoms with Crippen LogP contribution in [0.25, 0.3) is 6.08 Å². The zero-order valence-corrected chi connectivity index (χ0v) is 19.0. The summed E-state index contributed by atoms with van der Waals surface area (Å²) in [5.41, 5.74) is 1.63. The number of ether oxygens (including phenoxy) is 2. The fourth-order valence-electron chi connectivity index (χ4n) is 2.91. The summed E-state index contributed by atoms with van der Waals surface area (Å²) in [5, 5.41) is 12.0. The smallest absolute Gasteiger partial charge is 0.352 e. The summed E-state index contributed by atoms with van der Waals surface area (Å²) in [7, 11) is 0. The predicted molar refractivity (Wildman–Crippen MR) is 126 cm³/mol. The molecule has 3 aromatic carbocycles. The molecule has 0 radical (unpaired) electrons. The van der Waals surface area contributed by atoms with E-state index in [2.05, 4.69) is 21.2 Å². The van der Waals surface area contributed by atoms with Gasteiger partial charge in [0.2, 0.25) is 0 Å². The average Bonchev–Trinajstić information content (AvgIpc) is 2.79. The van der Waals surface area contributed by atoms with Crippen LogP contribution >= 0.6 is 15.9 Å². The van der Waals surface area contributed by atoms with Crippen LogP contribution in [-0.4, -0.2) is 23.6 Å².